The van der Waals surface area contributed by atoms with Crippen LogP contribution in [0.25, 0.3) is 0 Å². The first kappa shape index (κ1) is 15.4. The van der Waals surface area contributed by atoms with Gasteiger partial charge in [-0.2, -0.15) is 0 Å². The van der Waals surface area contributed by atoms with Crippen molar-refractivity contribution in [3.05, 3.63) is 40.7 Å². The summed E-state index contributed by atoms with van der Waals surface area (Å²) in [4.78, 5) is 22.3. The van der Waals surface area contributed by atoms with Crippen molar-refractivity contribution in [3.8, 4) is 0 Å². The molecule has 1 N–H and O–H groups in total. The predicted octanol–water partition coefficient (Wildman–Crippen LogP) is 3.22. The molecule has 0 aliphatic rings. The van der Waals surface area contributed by atoms with Crippen molar-refractivity contribution >= 4 is 22.4 Å². The van der Waals surface area contributed by atoms with Gasteiger partial charge in [0.05, 0.1) is 5.69 Å². The normalized spacial score (nSPS) is 10.6. The molecule has 0 unspecified atom stereocenters. The molecule has 21 heavy (non-hydrogen) atoms. The zero-order valence-corrected chi connectivity index (χ0v) is 13.1. The summed E-state index contributed by atoms with van der Waals surface area (Å²) in [7, 11) is 0. The van der Waals surface area contributed by atoms with Crippen molar-refractivity contribution in [2.45, 2.75) is 33.2 Å². The molecular formula is C15H19N3O2S. The third kappa shape index (κ3) is 3.78. The number of nitrogens with zero attached hydrogens (tertiary/aromatic N) is 3. The van der Waals surface area contributed by atoms with E-state index in [1.165, 1.54) is 11.3 Å². The molecule has 0 spiro atoms. The highest BCUT2D eigenvalue weighted by molar-refractivity contribution is 7.17. The molecule has 2 rings (SSSR count). The van der Waals surface area contributed by atoms with E-state index in [1.807, 2.05) is 26.0 Å². The molecule has 2 aromatic rings. The third-order valence-electron chi connectivity index (χ3n) is 3.14. The van der Waals surface area contributed by atoms with Crippen LogP contribution in [-0.4, -0.2) is 27.6 Å². The van der Waals surface area contributed by atoms with Gasteiger partial charge in [0.2, 0.25) is 0 Å². The Morgan fingerprint density at radius 1 is 1.33 bits per heavy atom. The standard InChI is InChI=1S/C15H19N3O2S/c1-3-5-12-13(14(19)20)21-15(17-12)18(4-2)10-11-6-8-16-9-7-11/h6-9H,3-5,10H2,1-2H3,(H,19,20). The van der Waals surface area contributed by atoms with E-state index in [9.17, 15) is 9.90 Å². The predicted molar refractivity (Wildman–Crippen MR) is 84.0 cm³/mol. The van der Waals surface area contributed by atoms with Crippen molar-refractivity contribution in [3.63, 3.8) is 0 Å². The van der Waals surface area contributed by atoms with Crippen molar-refractivity contribution in [1.29, 1.82) is 0 Å². The van der Waals surface area contributed by atoms with E-state index in [-0.39, 0.29) is 0 Å². The number of aryl methyl sites for hydroxylation is 1. The number of carboxylic acid groups (broad SMARTS) is 1. The SMILES string of the molecule is CCCc1nc(N(CC)Cc2ccncc2)sc1C(=O)O. The maximum absolute atomic E-state index is 11.3. The maximum Gasteiger partial charge on any atom is 0.347 e. The van der Waals surface area contributed by atoms with Gasteiger partial charge in [-0.05, 0) is 31.0 Å². The second-order valence-electron chi connectivity index (χ2n) is 4.70. The second-order valence-corrected chi connectivity index (χ2v) is 5.67. The fourth-order valence-corrected chi connectivity index (χ4v) is 3.09. The summed E-state index contributed by atoms with van der Waals surface area (Å²) < 4.78 is 0. The lowest BCUT2D eigenvalue weighted by atomic mass is 10.2. The summed E-state index contributed by atoms with van der Waals surface area (Å²) in [5, 5.41) is 10.1. The quantitative estimate of drug-likeness (QED) is 0.850. The number of aromatic carboxylic acids is 1. The van der Waals surface area contributed by atoms with E-state index in [2.05, 4.69) is 14.9 Å². The smallest absolute Gasteiger partial charge is 0.347 e. The fourth-order valence-electron chi connectivity index (χ4n) is 2.07. The van der Waals surface area contributed by atoms with Gasteiger partial charge in [-0.15, -0.1) is 0 Å². The van der Waals surface area contributed by atoms with Gasteiger partial charge in [-0.25, -0.2) is 9.78 Å². The number of carboxylic acids is 1. The average molecular weight is 305 g/mol. The highest BCUT2D eigenvalue weighted by Gasteiger charge is 2.19. The van der Waals surface area contributed by atoms with E-state index in [1.54, 1.807) is 12.4 Å². The van der Waals surface area contributed by atoms with Crippen LogP contribution < -0.4 is 4.90 Å². The molecule has 0 bridgehead atoms. The van der Waals surface area contributed by atoms with Crippen LogP contribution in [0.4, 0.5) is 5.13 Å². The number of anilines is 1. The topological polar surface area (TPSA) is 66.3 Å². The van der Waals surface area contributed by atoms with Gasteiger partial charge >= 0.3 is 5.97 Å². The van der Waals surface area contributed by atoms with Crippen LogP contribution in [0.1, 0.15) is 41.2 Å². The van der Waals surface area contributed by atoms with Gasteiger partial charge in [0.1, 0.15) is 4.88 Å². The molecule has 2 aromatic heterocycles. The monoisotopic (exact) mass is 305 g/mol. The second kappa shape index (κ2) is 7.17. The first-order valence-corrected chi connectivity index (χ1v) is 7.84. The fraction of sp³-hybridized carbons (Fsp3) is 0.400. The van der Waals surface area contributed by atoms with Crippen LogP contribution in [0.15, 0.2) is 24.5 Å². The van der Waals surface area contributed by atoms with Gasteiger partial charge in [0.15, 0.2) is 5.13 Å². The number of hydrogen-bond donors (Lipinski definition) is 1. The lowest BCUT2D eigenvalue weighted by Gasteiger charge is -2.19. The van der Waals surface area contributed by atoms with E-state index < -0.39 is 5.97 Å². The Morgan fingerprint density at radius 3 is 2.62 bits per heavy atom. The van der Waals surface area contributed by atoms with Gasteiger partial charge in [-0.3, -0.25) is 4.98 Å². The molecule has 0 atom stereocenters. The third-order valence-corrected chi connectivity index (χ3v) is 4.29. The van der Waals surface area contributed by atoms with Crippen LogP contribution in [0.3, 0.4) is 0 Å². The van der Waals surface area contributed by atoms with E-state index >= 15 is 0 Å². The van der Waals surface area contributed by atoms with Crippen molar-refractivity contribution in [1.82, 2.24) is 9.97 Å². The highest BCUT2D eigenvalue weighted by atomic mass is 32.1. The number of rotatable bonds is 7. The first-order chi connectivity index (χ1) is 10.2. The highest BCUT2D eigenvalue weighted by Crippen LogP contribution is 2.28. The van der Waals surface area contributed by atoms with E-state index in [0.717, 1.165) is 23.7 Å². The number of hydrogen-bond acceptors (Lipinski definition) is 5. The molecule has 0 radical (unpaired) electrons. The Hall–Kier alpha value is -1.95. The molecule has 0 amide bonds. The molecule has 0 saturated carbocycles. The van der Waals surface area contributed by atoms with E-state index in [0.29, 0.717) is 23.5 Å². The Labute approximate surface area is 128 Å². The van der Waals surface area contributed by atoms with Crippen LogP contribution >= 0.6 is 11.3 Å². The zero-order valence-electron chi connectivity index (χ0n) is 12.2. The van der Waals surface area contributed by atoms with Gasteiger partial charge < -0.3 is 10.0 Å². The molecule has 2 heterocycles. The zero-order chi connectivity index (χ0) is 15.2. The Morgan fingerprint density at radius 2 is 2.05 bits per heavy atom. The van der Waals surface area contributed by atoms with Crippen molar-refractivity contribution < 1.29 is 9.90 Å². The Balaban J connectivity index is 2.25. The summed E-state index contributed by atoms with van der Waals surface area (Å²) >= 11 is 1.26. The number of aromatic nitrogens is 2. The van der Waals surface area contributed by atoms with Crippen LogP contribution in [0, 0.1) is 0 Å². The van der Waals surface area contributed by atoms with Crippen molar-refractivity contribution in [2.24, 2.45) is 0 Å². The summed E-state index contributed by atoms with van der Waals surface area (Å²) in [6.07, 6.45) is 5.11. The van der Waals surface area contributed by atoms with Gasteiger partial charge in [0, 0.05) is 25.5 Å². The molecular weight excluding hydrogens is 286 g/mol. The molecule has 112 valence electrons. The van der Waals surface area contributed by atoms with Gasteiger partial charge in [0.25, 0.3) is 0 Å². The van der Waals surface area contributed by atoms with Crippen LogP contribution in [0.5, 0.6) is 0 Å². The van der Waals surface area contributed by atoms with Gasteiger partial charge in [-0.1, -0.05) is 24.7 Å². The molecule has 5 nitrogen and oxygen atoms in total. The molecule has 0 fully saturated rings. The minimum absolute atomic E-state index is 0.361. The Kier molecular flexibility index (Phi) is 5.27. The minimum atomic E-state index is -0.887. The van der Waals surface area contributed by atoms with E-state index in [4.69, 9.17) is 0 Å². The first-order valence-electron chi connectivity index (χ1n) is 7.02. The summed E-state index contributed by atoms with van der Waals surface area (Å²) in [5.74, 6) is -0.887. The lowest BCUT2D eigenvalue weighted by molar-refractivity contribution is 0.0700. The molecule has 0 aromatic carbocycles. The largest absolute Gasteiger partial charge is 0.477 e. The lowest BCUT2D eigenvalue weighted by Crippen LogP contribution is -2.21. The summed E-state index contributed by atoms with van der Waals surface area (Å²) in [5.41, 5.74) is 1.83. The Bertz CT molecular complexity index is 598. The summed E-state index contributed by atoms with van der Waals surface area (Å²) in [6.45, 7) is 5.55. The maximum atomic E-state index is 11.3. The number of thiazole rings is 1. The minimum Gasteiger partial charge on any atom is -0.477 e. The molecule has 0 aliphatic carbocycles. The molecule has 0 aliphatic heterocycles. The average Bonchev–Trinajstić information content (AvgIpc) is 2.90. The number of pyridine rings is 1. The number of carbonyl (C=O) groups is 1. The van der Waals surface area contributed by atoms with Crippen molar-refractivity contribution in [2.75, 3.05) is 11.4 Å². The summed E-state index contributed by atoms with van der Waals surface area (Å²) in [6, 6.07) is 3.92. The molecule has 6 heteroatoms. The molecule has 0 saturated heterocycles. The van der Waals surface area contributed by atoms with Crippen LogP contribution in [-0.2, 0) is 13.0 Å². The van der Waals surface area contributed by atoms with Crippen LogP contribution in [0.2, 0.25) is 0 Å².